The Balaban J connectivity index is 1.92. The SMILES string of the molecule is C=CCC1(c2nc(-c3ccc(F)cc3)cn2COCC[Si](C)(C)C)COC(=O)N1. The highest BCUT2D eigenvalue weighted by Crippen LogP contribution is 2.32. The molecule has 0 bridgehead atoms. The number of hydrogen-bond acceptors (Lipinski definition) is 4. The van der Waals surface area contributed by atoms with E-state index in [9.17, 15) is 9.18 Å². The van der Waals surface area contributed by atoms with E-state index < -0.39 is 19.7 Å². The number of amides is 1. The van der Waals surface area contributed by atoms with Gasteiger partial charge in [-0.3, -0.25) is 0 Å². The van der Waals surface area contributed by atoms with Gasteiger partial charge in [0.2, 0.25) is 0 Å². The van der Waals surface area contributed by atoms with E-state index in [1.165, 1.54) is 12.1 Å². The number of carbonyl (C=O) groups excluding carboxylic acids is 1. The van der Waals surface area contributed by atoms with Crippen molar-refractivity contribution in [2.75, 3.05) is 13.2 Å². The Labute approximate surface area is 171 Å². The summed E-state index contributed by atoms with van der Waals surface area (Å²) >= 11 is 0. The second-order valence-electron chi connectivity index (χ2n) is 8.55. The summed E-state index contributed by atoms with van der Waals surface area (Å²) in [4.78, 5) is 16.6. The Morgan fingerprint density at radius 1 is 1.38 bits per heavy atom. The first-order chi connectivity index (χ1) is 13.7. The van der Waals surface area contributed by atoms with Gasteiger partial charge in [-0.05, 0) is 36.7 Å². The molecule has 29 heavy (non-hydrogen) atoms. The average Bonchev–Trinajstić information content (AvgIpc) is 3.24. The molecule has 2 heterocycles. The number of aromatic nitrogens is 2. The number of ether oxygens (including phenoxy) is 2. The molecule has 156 valence electrons. The van der Waals surface area contributed by atoms with Crippen LogP contribution in [0.15, 0.2) is 43.1 Å². The van der Waals surface area contributed by atoms with Crippen molar-refractivity contribution in [1.82, 2.24) is 14.9 Å². The van der Waals surface area contributed by atoms with Crippen molar-refractivity contribution in [1.29, 1.82) is 0 Å². The van der Waals surface area contributed by atoms with Crippen LogP contribution >= 0.6 is 0 Å². The van der Waals surface area contributed by atoms with Crippen LogP contribution in [0.25, 0.3) is 11.3 Å². The number of rotatable bonds is 9. The molecule has 3 rings (SSSR count). The third kappa shape index (κ3) is 5.13. The van der Waals surface area contributed by atoms with E-state index in [2.05, 4.69) is 31.5 Å². The highest BCUT2D eigenvalue weighted by atomic mass is 28.3. The van der Waals surface area contributed by atoms with E-state index >= 15 is 0 Å². The molecule has 1 N–H and O–H groups in total. The summed E-state index contributed by atoms with van der Waals surface area (Å²) in [7, 11) is -1.20. The van der Waals surface area contributed by atoms with Gasteiger partial charge < -0.3 is 19.4 Å². The smallest absolute Gasteiger partial charge is 0.408 e. The number of halogens is 1. The number of cyclic esters (lactones) is 1. The van der Waals surface area contributed by atoms with E-state index in [0.29, 0.717) is 31.3 Å². The van der Waals surface area contributed by atoms with E-state index in [-0.39, 0.29) is 12.4 Å². The monoisotopic (exact) mass is 417 g/mol. The van der Waals surface area contributed by atoms with Crippen LogP contribution in [-0.2, 0) is 21.7 Å². The van der Waals surface area contributed by atoms with Gasteiger partial charge in [-0.1, -0.05) is 25.7 Å². The van der Waals surface area contributed by atoms with Crippen molar-refractivity contribution >= 4 is 14.2 Å². The van der Waals surface area contributed by atoms with Gasteiger partial charge in [-0.25, -0.2) is 14.2 Å². The second kappa shape index (κ2) is 8.50. The molecule has 1 unspecified atom stereocenters. The molecule has 1 amide bonds. The second-order valence-corrected chi connectivity index (χ2v) is 14.2. The number of carbonyl (C=O) groups is 1. The number of benzene rings is 1. The van der Waals surface area contributed by atoms with Gasteiger partial charge in [0, 0.05) is 26.4 Å². The van der Waals surface area contributed by atoms with Gasteiger partial charge in [0.05, 0.1) is 5.69 Å². The molecule has 1 saturated heterocycles. The Morgan fingerprint density at radius 2 is 2.10 bits per heavy atom. The lowest BCUT2D eigenvalue weighted by molar-refractivity contribution is 0.0805. The zero-order valence-corrected chi connectivity index (χ0v) is 18.2. The van der Waals surface area contributed by atoms with Crippen LogP contribution in [0.1, 0.15) is 12.2 Å². The third-order valence-electron chi connectivity index (χ3n) is 4.86. The fourth-order valence-corrected chi connectivity index (χ4v) is 3.98. The first kappa shape index (κ1) is 21.3. The van der Waals surface area contributed by atoms with Crippen molar-refractivity contribution in [2.24, 2.45) is 0 Å². The fourth-order valence-electron chi connectivity index (χ4n) is 3.22. The maximum atomic E-state index is 13.3. The molecular weight excluding hydrogens is 389 g/mol. The van der Waals surface area contributed by atoms with E-state index in [4.69, 9.17) is 14.5 Å². The number of hydrogen-bond donors (Lipinski definition) is 1. The molecule has 1 aliphatic rings. The van der Waals surface area contributed by atoms with Gasteiger partial charge in [0.15, 0.2) is 0 Å². The maximum Gasteiger partial charge on any atom is 0.408 e. The number of nitrogens with one attached hydrogen (secondary N) is 1. The number of imidazole rings is 1. The van der Waals surface area contributed by atoms with E-state index in [1.54, 1.807) is 18.2 Å². The number of alkyl carbamates (subject to hydrolysis) is 1. The highest BCUT2D eigenvalue weighted by molar-refractivity contribution is 6.76. The van der Waals surface area contributed by atoms with Crippen LogP contribution < -0.4 is 5.32 Å². The lowest BCUT2D eigenvalue weighted by atomic mass is 9.96. The van der Waals surface area contributed by atoms with E-state index in [0.717, 1.165) is 11.6 Å². The zero-order chi connectivity index (χ0) is 21.1. The normalized spacial score (nSPS) is 19.1. The van der Waals surface area contributed by atoms with Crippen LogP contribution in [-0.4, -0.2) is 36.9 Å². The summed E-state index contributed by atoms with van der Waals surface area (Å²) in [6.45, 7) is 11.9. The molecule has 0 saturated carbocycles. The van der Waals surface area contributed by atoms with Gasteiger partial charge >= 0.3 is 6.09 Å². The number of nitrogens with zero attached hydrogens (tertiary/aromatic N) is 2. The summed E-state index contributed by atoms with van der Waals surface area (Å²) in [5.41, 5.74) is 0.657. The van der Waals surface area contributed by atoms with Gasteiger partial charge in [-0.2, -0.15) is 0 Å². The molecular formula is C21H28FN3O3Si. The highest BCUT2D eigenvalue weighted by Gasteiger charge is 2.44. The van der Waals surface area contributed by atoms with Gasteiger partial charge in [0.1, 0.15) is 30.5 Å². The molecule has 6 nitrogen and oxygen atoms in total. The van der Waals surface area contributed by atoms with E-state index in [1.807, 2.05) is 10.8 Å². The Kier molecular flexibility index (Phi) is 6.23. The summed E-state index contributed by atoms with van der Waals surface area (Å²) < 4.78 is 26.3. The van der Waals surface area contributed by atoms with Crippen molar-refractivity contribution in [3.63, 3.8) is 0 Å². The molecule has 8 heteroatoms. The van der Waals surface area contributed by atoms with Crippen molar-refractivity contribution in [3.8, 4) is 11.3 Å². The lowest BCUT2D eigenvalue weighted by Gasteiger charge is -2.25. The summed E-state index contributed by atoms with van der Waals surface area (Å²) in [6, 6.07) is 7.22. The van der Waals surface area contributed by atoms with Crippen molar-refractivity contribution < 1.29 is 18.7 Å². The summed E-state index contributed by atoms with van der Waals surface area (Å²) in [6.07, 6.45) is 3.58. The molecule has 1 aromatic heterocycles. The first-order valence-electron chi connectivity index (χ1n) is 9.70. The predicted octanol–water partition coefficient (Wildman–Crippen LogP) is 4.51. The minimum atomic E-state index is -1.20. The minimum Gasteiger partial charge on any atom is -0.447 e. The van der Waals surface area contributed by atoms with Crippen LogP contribution in [0.3, 0.4) is 0 Å². The predicted molar refractivity (Wildman–Crippen MR) is 113 cm³/mol. The van der Waals surface area contributed by atoms with Crippen molar-refractivity contribution in [3.05, 3.63) is 54.8 Å². The molecule has 1 atom stereocenters. The van der Waals surface area contributed by atoms with Crippen molar-refractivity contribution in [2.45, 2.75) is 44.4 Å². The topological polar surface area (TPSA) is 65.4 Å². The van der Waals surface area contributed by atoms with Crippen LogP contribution in [0.4, 0.5) is 9.18 Å². The van der Waals surface area contributed by atoms with Crippen LogP contribution in [0, 0.1) is 5.82 Å². The molecule has 0 aliphatic carbocycles. The third-order valence-corrected chi connectivity index (χ3v) is 6.56. The van der Waals surface area contributed by atoms with Crippen LogP contribution in [0.5, 0.6) is 0 Å². The molecule has 1 aromatic carbocycles. The first-order valence-corrected chi connectivity index (χ1v) is 13.4. The molecule has 2 aromatic rings. The standard InChI is InChI=1S/C21H28FN3O3Si/c1-5-10-21(14-28-20(26)24-21)19-23-18(16-6-8-17(22)9-7-16)13-25(19)15-27-11-12-29(2,3)4/h5-9,13H,1,10-12,14-15H2,2-4H3,(H,24,26). The summed E-state index contributed by atoms with van der Waals surface area (Å²) in [5.74, 6) is 0.332. The summed E-state index contributed by atoms with van der Waals surface area (Å²) in [5, 5.41) is 2.89. The molecule has 0 radical (unpaired) electrons. The quantitative estimate of drug-likeness (QED) is 0.370. The molecule has 1 aliphatic heterocycles. The maximum absolute atomic E-state index is 13.3. The Hall–Kier alpha value is -2.45. The minimum absolute atomic E-state index is 0.159. The Bertz CT molecular complexity index is 876. The fraction of sp³-hybridized carbons (Fsp3) is 0.429. The van der Waals surface area contributed by atoms with Gasteiger partial charge in [-0.15, -0.1) is 6.58 Å². The molecule has 0 spiro atoms. The van der Waals surface area contributed by atoms with Crippen LogP contribution in [0.2, 0.25) is 25.7 Å². The lowest BCUT2D eigenvalue weighted by Crippen LogP contribution is -2.42. The van der Waals surface area contributed by atoms with Gasteiger partial charge in [0.25, 0.3) is 0 Å². The Morgan fingerprint density at radius 3 is 2.69 bits per heavy atom. The largest absolute Gasteiger partial charge is 0.447 e. The average molecular weight is 418 g/mol. The zero-order valence-electron chi connectivity index (χ0n) is 17.2. The molecule has 1 fully saturated rings.